The summed E-state index contributed by atoms with van der Waals surface area (Å²) in [5.41, 5.74) is 5.24. The van der Waals surface area contributed by atoms with Gasteiger partial charge in [-0.05, 0) is 49.7 Å². The normalized spacial score (nSPS) is 10.6. The average molecular weight is 469 g/mol. The van der Waals surface area contributed by atoms with Gasteiger partial charge in [-0.15, -0.1) is 0 Å². The fourth-order valence-corrected chi connectivity index (χ4v) is 3.77. The van der Waals surface area contributed by atoms with Crippen molar-refractivity contribution in [1.82, 2.24) is 4.98 Å². The Morgan fingerprint density at radius 3 is 2.23 bits per heavy atom. The van der Waals surface area contributed by atoms with Gasteiger partial charge in [0.05, 0.1) is 29.4 Å². The number of nitrogens with one attached hydrogen (secondary N) is 1. The third-order valence-electron chi connectivity index (χ3n) is 5.59. The van der Waals surface area contributed by atoms with E-state index in [4.69, 9.17) is 9.72 Å². The molecule has 176 valence electrons. The number of benzene rings is 3. The Labute approximate surface area is 202 Å². The Balaban J connectivity index is 1.54. The van der Waals surface area contributed by atoms with Crippen LogP contribution in [0.1, 0.15) is 31.8 Å². The Morgan fingerprint density at radius 1 is 0.857 bits per heavy atom. The third-order valence-corrected chi connectivity index (χ3v) is 5.59. The molecule has 1 aromatic heterocycles. The highest BCUT2D eigenvalue weighted by Gasteiger charge is 2.21. The molecule has 7 heteroatoms. The number of amides is 1. The van der Waals surface area contributed by atoms with Gasteiger partial charge >= 0.3 is 11.9 Å². The second-order valence-corrected chi connectivity index (χ2v) is 8.04. The number of ether oxygens (including phenoxy) is 2. The smallest absolute Gasteiger partial charge is 0.339 e. The van der Waals surface area contributed by atoms with Crippen LogP contribution in [0.4, 0.5) is 5.69 Å². The number of carbonyl (C=O) groups excluding carboxylic acids is 3. The lowest BCUT2D eigenvalue weighted by Crippen LogP contribution is -2.21. The van der Waals surface area contributed by atoms with Crippen molar-refractivity contribution in [1.29, 1.82) is 0 Å². The standard InChI is InChI=1S/C28H24N2O5/c1-17-8-10-19(11-9-17)26-18(2)25(22-6-4-5-7-23(22)30-26)28(33)35-16-24(31)29-21-14-12-20(13-15-21)27(32)34-3/h4-15H,16H2,1-3H3,(H,29,31). The number of para-hydroxylation sites is 1. The van der Waals surface area contributed by atoms with E-state index in [-0.39, 0.29) is 0 Å². The molecular formula is C28H24N2O5. The molecule has 4 rings (SSSR count). The van der Waals surface area contributed by atoms with Crippen LogP contribution in [-0.2, 0) is 14.3 Å². The zero-order valence-corrected chi connectivity index (χ0v) is 19.6. The van der Waals surface area contributed by atoms with E-state index in [1.165, 1.54) is 19.2 Å². The molecule has 1 heterocycles. The zero-order valence-electron chi connectivity index (χ0n) is 19.6. The van der Waals surface area contributed by atoms with Crippen molar-refractivity contribution in [2.75, 3.05) is 19.0 Å². The van der Waals surface area contributed by atoms with Crippen LogP contribution in [0.15, 0.2) is 72.8 Å². The number of pyridine rings is 1. The molecule has 7 nitrogen and oxygen atoms in total. The number of nitrogens with zero attached hydrogens (tertiary/aromatic N) is 1. The topological polar surface area (TPSA) is 94.6 Å². The van der Waals surface area contributed by atoms with E-state index in [0.717, 1.165) is 11.1 Å². The minimum absolute atomic E-state index is 0.362. The van der Waals surface area contributed by atoms with Gasteiger partial charge in [0.1, 0.15) is 0 Å². The number of rotatable bonds is 6. The largest absolute Gasteiger partial charge is 0.465 e. The summed E-state index contributed by atoms with van der Waals surface area (Å²) in [6.07, 6.45) is 0. The molecule has 1 N–H and O–H groups in total. The van der Waals surface area contributed by atoms with Gasteiger partial charge in [-0.3, -0.25) is 4.79 Å². The monoisotopic (exact) mass is 468 g/mol. The maximum atomic E-state index is 13.1. The average Bonchev–Trinajstić information content (AvgIpc) is 2.87. The number of anilines is 1. The van der Waals surface area contributed by atoms with Crippen LogP contribution in [0.25, 0.3) is 22.2 Å². The van der Waals surface area contributed by atoms with E-state index < -0.39 is 24.5 Å². The maximum absolute atomic E-state index is 13.1. The van der Waals surface area contributed by atoms with Crippen molar-refractivity contribution in [3.8, 4) is 11.3 Å². The summed E-state index contributed by atoms with van der Waals surface area (Å²) in [6.45, 7) is 3.37. The predicted octanol–water partition coefficient (Wildman–Crippen LogP) is 5.10. The zero-order chi connectivity index (χ0) is 24.9. The van der Waals surface area contributed by atoms with Crippen molar-refractivity contribution in [2.24, 2.45) is 0 Å². The number of aryl methyl sites for hydroxylation is 1. The van der Waals surface area contributed by atoms with Gasteiger partial charge in [-0.25, -0.2) is 14.6 Å². The first kappa shape index (κ1) is 23.6. The number of hydrogen-bond acceptors (Lipinski definition) is 6. The lowest BCUT2D eigenvalue weighted by atomic mass is 9.97. The number of hydrogen-bond donors (Lipinski definition) is 1. The molecule has 3 aromatic carbocycles. The Morgan fingerprint density at radius 2 is 1.54 bits per heavy atom. The summed E-state index contributed by atoms with van der Waals surface area (Å²) < 4.78 is 10.0. The van der Waals surface area contributed by atoms with Crippen LogP contribution < -0.4 is 5.32 Å². The van der Waals surface area contributed by atoms with Gasteiger partial charge in [0, 0.05) is 16.6 Å². The Hall–Kier alpha value is -4.52. The van der Waals surface area contributed by atoms with Gasteiger partial charge in [-0.2, -0.15) is 0 Å². The first-order chi connectivity index (χ1) is 16.9. The molecule has 0 saturated heterocycles. The lowest BCUT2D eigenvalue weighted by molar-refractivity contribution is -0.119. The van der Waals surface area contributed by atoms with Crippen LogP contribution >= 0.6 is 0 Å². The molecule has 0 unspecified atom stereocenters. The van der Waals surface area contributed by atoms with Crippen molar-refractivity contribution in [3.63, 3.8) is 0 Å². The van der Waals surface area contributed by atoms with Crippen molar-refractivity contribution in [2.45, 2.75) is 13.8 Å². The lowest BCUT2D eigenvalue weighted by Gasteiger charge is -2.14. The quantitative estimate of drug-likeness (QED) is 0.396. The molecule has 0 aliphatic carbocycles. The fourth-order valence-electron chi connectivity index (χ4n) is 3.77. The Bertz CT molecular complexity index is 1410. The van der Waals surface area contributed by atoms with Crippen LogP contribution in [0.5, 0.6) is 0 Å². The third kappa shape index (κ3) is 5.19. The first-order valence-corrected chi connectivity index (χ1v) is 11.0. The summed E-state index contributed by atoms with van der Waals surface area (Å²) >= 11 is 0. The molecular weight excluding hydrogens is 444 g/mol. The summed E-state index contributed by atoms with van der Waals surface area (Å²) in [7, 11) is 1.30. The first-order valence-electron chi connectivity index (χ1n) is 11.0. The molecule has 0 atom stereocenters. The molecule has 0 aliphatic heterocycles. The fraction of sp³-hybridized carbons (Fsp3) is 0.143. The number of carbonyl (C=O) groups is 3. The molecule has 0 radical (unpaired) electrons. The molecule has 4 aromatic rings. The van der Waals surface area contributed by atoms with Crippen LogP contribution in [0, 0.1) is 13.8 Å². The second-order valence-electron chi connectivity index (χ2n) is 8.04. The van der Waals surface area contributed by atoms with E-state index in [0.29, 0.717) is 39.0 Å². The molecule has 1 amide bonds. The highest BCUT2D eigenvalue weighted by molar-refractivity contribution is 6.07. The highest BCUT2D eigenvalue weighted by atomic mass is 16.5. The molecule has 0 aliphatic rings. The van der Waals surface area contributed by atoms with E-state index in [1.807, 2.05) is 62.4 Å². The van der Waals surface area contributed by atoms with Gasteiger partial charge in [0.2, 0.25) is 0 Å². The van der Waals surface area contributed by atoms with E-state index in [9.17, 15) is 14.4 Å². The SMILES string of the molecule is COC(=O)c1ccc(NC(=O)COC(=O)c2c(C)c(-c3ccc(C)cc3)nc3ccccc23)cc1. The van der Waals surface area contributed by atoms with Crippen molar-refractivity contribution in [3.05, 3.63) is 95.1 Å². The second kappa shape index (κ2) is 10.2. The minimum atomic E-state index is -0.606. The van der Waals surface area contributed by atoms with E-state index in [1.54, 1.807) is 12.1 Å². The number of aromatic nitrogens is 1. The van der Waals surface area contributed by atoms with Crippen LogP contribution in [-0.4, -0.2) is 36.5 Å². The summed E-state index contributed by atoms with van der Waals surface area (Å²) in [5, 5.41) is 3.30. The van der Waals surface area contributed by atoms with E-state index in [2.05, 4.69) is 10.1 Å². The molecule has 35 heavy (non-hydrogen) atoms. The van der Waals surface area contributed by atoms with E-state index >= 15 is 0 Å². The molecule has 0 bridgehead atoms. The highest BCUT2D eigenvalue weighted by Crippen LogP contribution is 2.30. The number of fused-ring (bicyclic) bond motifs is 1. The summed E-state index contributed by atoms with van der Waals surface area (Å²) in [6, 6.07) is 21.5. The predicted molar refractivity (Wildman–Crippen MR) is 133 cm³/mol. The summed E-state index contributed by atoms with van der Waals surface area (Å²) in [4.78, 5) is 41.9. The van der Waals surface area contributed by atoms with Crippen LogP contribution in [0.3, 0.4) is 0 Å². The van der Waals surface area contributed by atoms with Crippen LogP contribution in [0.2, 0.25) is 0 Å². The number of methoxy groups -OCH3 is 1. The molecule has 0 spiro atoms. The van der Waals surface area contributed by atoms with Gasteiger partial charge in [0.25, 0.3) is 5.91 Å². The molecule has 0 fully saturated rings. The van der Waals surface area contributed by atoms with Gasteiger partial charge in [-0.1, -0.05) is 48.0 Å². The summed E-state index contributed by atoms with van der Waals surface area (Å²) in [5.74, 6) is -1.58. The maximum Gasteiger partial charge on any atom is 0.339 e. The minimum Gasteiger partial charge on any atom is -0.465 e. The molecule has 0 saturated carbocycles. The van der Waals surface area contributed by atoms with Crippen molar-refractivity contribution >= 4 is 34.4 Å². The van der Waals surface area contributed by atoms with Crippen molar-refractivity contribution < 1.29 is 23.9 Å². The Kier molecular flexibility index (Phi) is 6.87. The number of esters is 2. The van der Waals surface area contributed by atoms with Gasteiger partial charge < -0.3 is 14.8 Å². The van der Waals surface area contributed by atoms with Gasteiger partial charge in [0.15, 0.2) is 6.61 Å².